The smallest absolute Gasteiger partial charge is 0.243 e. The van der Waals surface area contributed by atoms with Gasteiger partial charge in [-0.05, 0) is 56.9 Å². The number of amides is 1. The molecule has 1 amide bonds. The van der Waals surface area contributed by atoms with E-state index in [2.05, 4.69) is 29.6 Å². The third-order valence-corrected chi connectivity index (χ3v) is 6.02. The highest BCUT2D eigenvalue weighted by Gasteiger charge is 2.30. The Balaban J connectivity index is 2.03. The summed E-state index contributed by atoms with van der Waals surface area (Å²) < 4.78 is 25.9. The average Bonchev–Trinajstić information content (AvgIpc) is 2.62. The number of hydrogen-bond donors (Lipinski definition) is 1. The van der Waals surface area contributed by atoms with Gasteiger partial charge in [0.25, 0.3) is 0 Å². The van der Waals surface area contributed by atoms with Crippen LogP contribution in [0.15, 0.2) is 42.5 Å². The molecule has 28 heavy (non-hydrogen) atoms. The molecule has 5 nitrogen and oxygen atoms in total. The maximum absolute atomic E-state index is 12.6. The van der Waals surface area contributed by atoms with Crippen molar-refractivity contribution in [2.24, 2.45) is 0 Å². The first-order valence-corrected chi connectivity index (χ1v) is 11.4. The zero-order valence-corrected chi connectivity index (χ0v) is 18.3. The van der Waals surface area contributed by atoms with Gasteiger partial charge in [0.15, 0.2) is 0 Å². The van der Waals surface area contributed by atoms with E-state index in [4.69, 9.17) is 11.6 Å². The molecule has 0 heterocycles. The Morgan fingerprint density at radius 3 is 2.39 bits per heavy atom. The normalized spacial score (nSPS) is 12.5. The number of carbonyl (C=O) groups excluding carboxylic acids is 1. The standard InChI is InChI=1S/C21H27ClN2O3S/c1-15-7-10-18(11-8-15)6-5-13-23-21(25)17(3)24(28(4,26)27)20-14-19(22)12-9-16(20)2/h7-12,14,17H,5-6,13H2,1-4H3,(H,23,25). The van der Waals surface area contributed by atoms with Gasteiger partial charge in [-0.1, -0.05) is 47.5 Å². The monoisotopic (exact) mass is 422 g/mol. The highest BCUT2D eigenvalue weighted by atomic mass is 35.5. The molecule has 152 valence electrons. The third kappa shape index (κ3) is 5.97. The van der Waals surface area contributed by atoms with Gasteiger partial charge in [-0.3, -0.25) is 9.10 Å². The number of rotatable bonds is 8. The summed E-state index contributed by atoms with van der Waals surface area (Å²) in [5.41, 5.74) is 3.56. The van der Waals surface area contributed by atoms with Crippen LogP contribution in [0, 0.1) is 13.8 Å². The van der Waals surface area contributed by atoms with Crippen molar-refractivity contribution in [3.63, 3.8) is 0 Å². The number of sulfonamides is 1. The van der Waals surface area contributed by atoms with E-state index >= 15 is 0 Å². The largest absolute Gasteiger partial charge is 0.354 e. The Hall–Kier alpha value is -2.05. The molecule has 7 heteroatoms. The fourth-order valence-corrected chi connectivity index (χ4v) is 4.40. The zero-order valence-electron chi connectivity index (χ0n) is 16.7. The first-order chi connectivity index (χ1) is 13.1. The molecule has 2 aromatic carbocycles. The van der Waals surface area contributed by atoms with Crippen LogP contribution in [0.5, 0.6) is 0 Å². The van der Waals surface area contributed by atoms with Gasteiger partial charge >= 0.3 is 0 Å². The quantitative estimate of drug-likeness (QED) is 0.657. The summed E-state index contributed by atoms with van der Waals surface area (Å²) in [4.78, 5) is 12.6. The zero-order chi connectivity index (χ0) is 20.9. The van der Waals surface area contributed by atoms with E-state index in [1.54, 1.807) is 32.0 Å². The van der Waals surface area contributed by atoms with Crippen molar-refractivity contribution in [3.8, 4) is 0 Å². The Bertz CT molecular complexity index is 927. The first kappa shape index (κ1) is 22.2. The molecule has 2 aromatic rings. The number of carbonyl (C=O) groups is 1. The number of benzene rings is 2. The number of nitrogens with zero attached hydrogens (tertiary/aromatic N) is 1. The van der Waals surface area contributed by atoms with Crippen molar-refractivity contribution in [2.45, 2.75) is 39.7 Å². The second kappa shape index (κ2) is 9.43. The lowest BCUT2D eigenvalue weighted by atomic mass is 10.1. The van der Waals surface area contributed by atoms with Gasteiger partial charge in [-0.15, -0.1) is 0 Å². The van der Waals surface area contributed by atoms with E-state index in [0.717, 1.165) is 29.0 Å². The summed E-state index contributed by atoms with van der Waals surface area (Å²) >= 11 is 6.04. The molecule has 0 saturated heterocycles. The van der Waals surface area contributed by atoms with Crippen LogP contribution in [0.3, 0.4) is 0 Å². The number of nitrogens with one attached hydrogen (secondary N) is 1. The van der Waals surface area contributed by atoms with Crippen molar-refractivity contribution < 1.29 is 13.2 Å². The van der Waals surface area contributed by atoms with Gasteiger partial charge in [-0.2, -0.15) is 0 Å². The SMILES string of the molecule is Cc1ccc(CCCNC(=O)C(C)N(c2cc(Cl)ccc2C)S(C)(=O)=O)cc1. The van der Waals surface area contributed by atoms with Crippen molar-refractivity contribution in [3.05, 3.63) is 64.2 Å². The maximum atomic E-state index is 12.6. The van der Waals surface area contributed by atoms with E-state index in [9.17, 15) is 13.2 Å². The van der Waals surface area contributed by atoms with Crippen LogP contribution in [-0.2, 0) is 21.2 Å². The Morgan fingerprint density at radius 2 is 1.79 bits per heavy atom. The third-order valence-electron chi connectivity index (χ3n) is 4.56. The lowest BCUT2D eigenvalue weighted by Gasteiger charge is -2.29. The second-order valence-corrected chi connectivity index (χ2v) is 9.34. The van der Waals surface area contributed by atoms with Crippen molar-refractivity contribution >= 4 is 33.2 Å². The van der Waals surface area contributed by atoms with E-state index in [1.165, 1.54) is 11.1 Å². The molecular formula is C21H27ClN2O3S. The fraction of sp³-hybridized carbons (Fsp3) is 0.381. The predicted molar refractivity (Wildman–Crippen MR) is 115 cm³/mol. The van der Waals surface area contributed by atoms with Gasteiger partial charge < -0.3 is 5.32 Å². The Labute approximate surface area is 172 Å². The van der Waals surface area contributed by atoms with Crippen LogP contribution in [0.4, 0.5) is 5.69 Å². The molecule has 0 aliphatic carbocycles. The van der Waals surface area contributed by atoms with Gasteiger partial charge in [-0.25, -0.2) is 8.42 Å². The van der Waals surface area contributed by atoms with E-state index < -0.39 is 16.1 Å². The Morgan fingerprint density at radius 1 is 1.14 bits per heavy atom. The molecule has 0 fully saturated rings. The summed E-state index contributed by atoms with van der Waals surface area (Å²) in [6, 6.07) is 12.4. The molecule has 0 bridgehead atoms. The highest BCUT2D eigenvalue weighted by molar-refractivity contribution is 7.92. The van der Waals surface area contributed by atoms with Crippen molar-refractivity contribution in [1.29, 1.82) is 0 Å². The number of halogens is 1. The van der Waals surface area contributed by atoms with Crippen LogP contribution in [-0.4, -0.2) is 33.2 Å². The summed E-state index contributed by atoms with van der Waals surface area (Å²) in [5.74, 6) is -0.339. The minimum absolute atomic E-state index is 0.339. The number of aryl methyl sites for hydroxylation is 3. The van der Waals surface area contributed by atoms with E-state index in [0.29, 0.717) is 17.3 Å². The van der Waals surface area contributed by atoms with Crippen molar-refractivity contribution in [1.82, 2.24) is 5.32 Å². The molecule has 1 N–H and O–H groups in total. The van der Waals surface area contributed by atoms with Crippen LogP contribution < -0.4 is 9.62 Å². The number of anilines is 1. The summed E-state index contributed by atoms with van der Waals surface area (Å²) in [7, 11) is -3.67. The Kier molecular flexibility index (Phi) is 7.49. The molecule has 0 aliphatic heterocycles. The fourth-order valence-electron chi connectivity index (χ4n) is 3.01. The van der Waals surface area contributed by atoms with Gasteiger partial charge in [0.05, 0.1) is 11.9 Å². The topological polar surface area (TPSA) is 66.5 Å². The van der Waals surface area contributed by atoms with Crippen LogP contribution >= 0.6 is 11.6 Å². The molecule has 1 unspecified atom stereocenters. The van der Waals surface area contributed by atoms with Crippen LogP contribution in [0.25, 0.3) is 0 Å². The predicted octanol–water partition coefficient (Wildman–Crippen LogP) is 3.86. The molecule has 0 saturated carbocycles. The van der Waals surface area contributed by atoms with Crippen LogP contribution in [0.1, 0.15) is 30.0 Å². The molecule has 0 spiro atoms. The molecule has 0 aliphatic rings. The van der Waals surface area contributed by atoms with E-state index in [1.807, 2.05) is 6.92 Å². The second-order valence-electron chi connectivity index (χ2n) is 7.05. The lowest BCUT2D eigenvalue weighted by Crippen LogP contribution is -2.48. The van der Waals surface area contributed by atoms with Gasteiger partial charge in [0.2, 0.25) is 15.9 Å². The number of hydrogen-bond acceptors (Lipinski definition) is 3. The van der Waals surface area contributed by atoms with E-state index in [-0.39, 0.29) is 5.91 Å². The maximum Gasteiger partial charge on any atom is 0.243 e. The van der Waals surface area contributed by atoms with Crippen LogP contribution in [0.2, 0.25) is 5.02 Å². The lowest BCUT2D eigenvalue weighted by molar-refractivity contribution is -0.121. The molecule has 1 atom stereocenters. The summed E-state index contributed by atoms with van der Waals surface area (Å²) in [6.45, 7) is 5.89. The molecular weight excluding hydrogens is 396 g/mol. The van der Waals surface area contributed by atoms with Gasteiger partial charge in [0.1, 0.15) is 6.04 Å². The highest BCUT2D eigenvalue weighted by Crippen LogP contribution is 2.28. The van der Waals surface area contributed by atoms with Gasteiger partial charge in [0, 0.05) is 11.6 Å². The molecule has 0 aromatic heterocycles. The minimum atomic E-state index is -3.67. The summed E-state index contributed by atoms with van der Waals surface area (Å²) in [5, 5.41) is 3.26. The minimum Gasteiger partial charge on any atom is -0.354 e. The summed E-state index contributed by atoms with van der Waals surface area (Å²) in [6.07, 6.45) is 2.71. The first-order valence-electron chi connectivity index (χ1n) is 9.18. The molecule has 0 radical (unpaired) electrons. The average molecular weight is 423 g/mol. The molecule has 2 rings (SSSR count). The van der Waals surface area contributed by atoms with Crippen molar-refractivity contribution in [2.75, 3.05) is 17.1 Å².